The first kappa shape index (κ1) is 14.1. The molecule has 0 aromatic rings. The first-order valence-electron chi connectivity index (χ1n) is 6.48. The molecule has 0 aromatic carbocycles. The lowest BCUT2D eigenvalue weighted by Gasteiger charge is -2.41. The van der Waals surface area contributed by atoms with E-state index in [1.165, 1.54) is 4.90 Å². The van der Waals surface area contributed by atoms with E-state index >= 15 is 0 Å². The number of hydrogen-bond acceptors (Lipinski definition) is 4. The third-order valence-electron chi connectivity index (χ3n) is 3.93. The molecule has 2 amide bonds. The molecule has 0 aromatic heterocycles. The van der Waals surface area contributed by atoms with Gasteiger partial charge in [0.05, 0.1) is 18.8 Å². The number of ether oxygens (including phenoxy) is 2. The fourth-order valence-corrected chi connectivity index (χ4v) is 2.41. The molecule has 0 bridgehead atoms. The van der Waals surface area contributed by atoms with Crippen LogP contribution in [0, 0.1) is 0 Å². The third-order valence-corrected chi connectivity index (χ3v) is 3.93. The number of morpholine rings is 1. The number of carbonyl (C=O) groups is 2. The Kier molecular flexibility index (Phi) is 4.26. The maximum Gasteiger partial charge on any atom is 0.328 e. The van der Waals surface area contributed by atoms with E-state index in [4.69, 9.17) is 14.6 Å². The number of rotatable bonds is 4. The van der Waals surface area contributed by atoms with Crippen molar-refractivity contribution >= 4 is 12.0 Å². The monoisotopic (exact) mass is 272 g/mol. The van der Waals surface area contributed by atoms with Gasteiger partial charge >= 0.3 is 12.0 Å². The van der Waals surface area contributed by atoms with Gasteiger partial charge in [0.1, 0.15) is 0 Å². The molecule has 2 aliphatic rings. The van der Waals surface area contributed by atoms with Crippen LogP contribution in [0.2, 0.25) is 0 Å². The van der Waals surface area contributed by atoms with Crippen LogP contribution in [0.5, 0.6) is 0 Å². The smallest absolute Gasteiger partial charge is 0.328 e. The molecule has 1 aliphatic heterocycles. The van der Waals surface area contributed by atoms with E-state index in [1.807, 2.05) is 0 Å². The highest BCUT2D eigenvalue weighted by atomic mass is 16.5. The van der Waals surface area contributed by atoms with Crippen molar-refractivity contribution in [1.82, 2.24) is 10.2 Å². The number of nitrogens with zero attached hydrogens (tertiary/aromatic N) is 1. The van der Waals surface area contributed by atoms with Crippen molar-refractivity contribution in [2.45, 2.75) is 30.9 Å². The predicted octanol–water partition coefficient (Wildman–Crippen LogP) is 0.0505. The zero-order valence-electron chi connectivity index (χ0n) is 11.1. The average Bonchev–Trinajstić information content (AvgIpc) is 2.37. The van der Waals surface area contributed by atoms with Gasteiger partial charge in [-0.2, -0.15) is 0 Å². The van der Waals surface area contributed by atoms with E-state index in [0.717, 1.165) is 19.3 Å². The van der Waals surface area contributed by atoms with Gasteiger partial charge in [-0.25, -0.2) is 9.59 Å². The van der Waals surface area contributed by atoms with Crippen LogP contribution in [0.15, 0.2) is 0 Å². The van der Waals surface area contributed by atoms with Crippen LogP contribution in [0.1, 0.15) is 19.3 Å². The summed E-state index contributed by atoms with van der Waals surface area (Å²) in [6.07, 6.45) is 2.95. The minimum Gasteiger partial charge on any atom is -0.480 e. The van der Waals surface area contributed by atoms with Crippen molar-refractivity contribution in [3.8, 4) is 0 Å². The average molecular weight is 272 g/mol. The Morgan fingerprint density at radius 2 is 2.26 bits per heavy atom. The highest BCUT2D eigenvalue weighted by Crippen LogP contribution is 2.34. The number of carboxylic acids is 1. The first-order chi connectivity index (χ1) is 9.08. The number of aliphatic carboxylic acids is 1. The van der Waals surface area contributed by atoms with Gasteiger partial charge in [-0.1, -0.05) is 0 Å². The Labute approximate surface area is 111 Å². The number of hydrogen-bond donors (Lipinski definition) is 2. The largest absolute Gasteiger partial charge is 0.480 e. The number of methoxy groups -OCH3 is 1. The molecule has 108 valence electrons. The van der Waals surface area contributed by atoms with Crippen LogP contribution in [-0.2, 0) is 14.3 Å². The molecule has 1 aliphatic carbocycles. The molecule has 1 atom stereocenters. The minimum absolute atomic E-state index is 0.0399. The van der Waals surface area contributed by atoms with E-state index in [1.54, 1.807) is 7.11 Å². The van der Waals surface area contributed by atoms with Crippen molar-refractivity contribution in [3.63, 3.8) is 0 Å². The quantitative estimate of drug-likeness (QED) is 0.755. The van der Waals surface area contributed by atoms with E-state index in [9.17, 15) is 9.59 Å². The molecule has 2 fully saturated rings. The lowest BCUT2D eigenvalue weighted by molar-refractivity contribution is -0.147. The van der Waals surface area contributed by atoms with Crippen LogP contribution in [0.4, 0.5) is 4.79 Å². The Hall–Kier alpha value is -1.34. The molecule has 7 nitrogen and oxygen atoms in total. The SMILES string of the molecule is COC1(CNC(=O)N2CCOCC2C(=O)O)CCC1. The van der Waals surface area contributed by atoms with Crippen molar-refractivity contribution in [1.29, 1.82) is 0 Å². The van der Waals surface area contributed by atoms with Crippen LogP contribution in [0.3, 0.4) is 0 Å². The highest BCUT2D eigenvalue weighted by Gasteiger charge is 2.39. The molecule has 1 unspecified atom stereocenters. The summed E-state index contributed by atoms with van der Waals surface area (Å²) < 4.78 is 10.5. The van der Waals surface area contributed by atoms with Gasteiger partial charge in [-0.3, -0.25) is 0 Å². The van der Waals surface area contributed by atoms with Crippen LogP contribution in [0.25, 0.3) is 0 Å². The molecular formula is C12H20N2O5. The van der Waals surface area contributed by atoms with Crippen molar-refractivity contribution in [2.24, 2.45) is 0 Å². The molecule has 0 radical (unpaired) electrons. The molecule has 19 heavy (non-hydrogen) atoms. The lowest BCUT2D eigenvalue weighted by Crippen LogP contribution is -2.58. The summed E-state index contributed by atoms with van der Waals surface area (Å²) in [5.74, 6) is -1.04. The summed E-state index contributed by atoms with van der Waals surface area (Å²) in [6.45, 7) is 1.12. The van der Waals surface area contributed by atoms with E-state index < -0.39 is 12.0 Å². The van der Waals surface area contributed by atoms with Gasteiger partial charge in [-0.05, 0) is 19.3 Å². The van der Waals surface area contributed by atoms with Crippen molar-refractivity contribution < 1.29 is 24.2 Å². The van der Waals surface area contributed by atoms with Gasteiger partial charge < -0.3 is 24.8 Å². The van der Waals surface area contributed by atoms with Crippen LogP contribution in [-0.4, -0.2) is 67.1 Å². The fraction of sp³-hybridized carbons (Fsp3) is 0.833. The second kappa shape index (κ2) is 5.75. The summed E-state index contributed by atoms with van der Waals surface area (Å²) in [5.41, 5.74) is -0.263. The summed E-state index contributed by atoms with van der Waals surface area (Å²) in [5, 5.41) is 11.8. The zero-order chi connectivity index (χ0) is 13.9. The van der Waals surface area contributed by atoms with Gasteiger partial charge in [0, 0.05) is 20.2 Å². The summed E-state index contributed by atoms with van der Waals surface area (Å²) in [7, 11) is 1.64. The normalized spacial score (nSPS) is 25.5. The molecule has 1 saturated carbocycles. The highest BCUT2D eigenvalue weighted by molar-refractivity contribution is 5.83. The topological polar surface area (TPSA) is 88.1 Å². The molecule has 2 rings (SSSR count). The van der Waals surface area contributed by atoms with E-state index in [0.29, 0.717) is 19.7 Å². The molecule has 1 saturated heterocycles. The van der Waals surface area contributed by atoms with Gasteiger partial charge in [0.25, 0.3) is 0 Å². The molecule has 2 N–H and O–H groups in total. The van der Waals surface area contributed by atoms with Gasteiger partial charge in [-0.15, -0.1) is 0 Å². The third kappa shape index (κ3) is 2.98. The van der Waals surface area contributed by atoms with Crippen molar-refractivity contribution in [3.05, 3.63) is 0 Å². The fourth-order valence-electron chi connectivity index (χ4n) is 2.41. The molecular weight excluding hydrogens is 252 g/mol. The van der Waals surface area contributed by atoms with Gasteiger partial charge in [0.2, 0.25) is 0 Å². The Bertz CT molecular complexity index is 351. The summed E-state index contributed by atoms with van der Waals surface area (Å²) >= 11 is 0. The Balaban J connectivity index is 1.89. The first-order valence-corrected chi connectivity index (χ1v) is 6.48. The van der Waals surface area contributed by atoms with Crippen LogP contribution >= 0.6 is 0 Å². The number of amides is 2. The maximum absolute atomic E-state index is 12.1. The minimum atomic E-state index is -1.04. The molecule has 0 spiro atoms. The van der Waals surface area contributed by atoms with E-state index in [-0.39, 0.29) is 18.2 Å². The number of nitrogens with one attached hydrogen (secondary N) is 1. The number of urea groups is 1. The van der Waals surface area contributed by atoms with Crippen molar-refractivity contribution in [2.75, 3.05) is 33.4 Å². The lowest BCUT2D eigenvalue weighted by atomic mass is 9.80. The summed E-state index contributed by atoms with van der Waals surface area (Å²) in [4.78, 5) is 24.4. The van der Waals surface area contributed by atoms with Crippen LogP contribution < -0.4 is 5.32 Å². The summed E-state index contributed by atoms with van der Waals surface area (Å²) in [6, 6.07) is -1.27. The molecule has 7 heteroatoms. The van der Waals surface area contributed by atoms with Gasteiger partial charge in [0.15, 0.2) is 6.04 Å². The second-order valence-electron chi connectivity index (χ2n) is 5.02. The van der Waals surface area contributed by atoms with E-state index in [2.05, 4.69) is 5.32 Å². The Morgan fingerprint density at radius 1 is 1.53 bits per heavy atom. The number of carboxylic acid groups (broad SMARTS) is 1. The standard InChI is InChI=1S/C12H20N2O5/c1-18-12(3-2-4-12)8-13-11(17)14-5-6-19-7-9(14)10(15)16/h9H,2-8H2,1H3,(H,13,17)(H,15,16). The predicted molar refractivity (Wildman–Crippen MR) is 65.9 cm³/mol. The maximum atomic E-state index is 12.1. The second-order valence-corrected chi connectivity index (χ2v) is 5.02. The molecule has 1 heterocycles. The number of carbonyl (C=O) groups excluding carboxylic acids is 1. The Morgan fingerprint density at radius 3 is 2.79 bits per heavy atom. The zero-order valence-corrected chi connectivity index (χ0v) is 11.1.